The molecule has 0 spiro atoms. The Balaban J connectivity index is 1.79. The molecule has 0 unspecified atom stereocenters. The van der Waals surface area contributed by atoms with Crippen LogP contribution in [0.1, 0.15) is 25.0 Å². The Hall–Kier alpha value is -2.46. The number of benzene rings is 1. The van der Waals surface area contributed by atoms with Gasteiger partial charge in [0, 0.05) is 36.1 Å². The van der Waals surface area contributed by atoms with Crippen molar-refractivity contribution in [2.45, 2.75) is 19.3 Å². The van der Waals surface area contributed by atoms with Gasteiger partial charge in [-0.15, -0.1) is 0 Å². The number of hydrogen-bond acceptors (Lipinski definition) is 2. The number of aromatic amines is 1. The van der Waals surface area contributed by atoms with Gasteiger partial charge in [-0.1, -0.05) is 6.92 Å². The summed E-state index contributed by atoms with van der Waals surface area (Å²) in [5, 5.41) is 0. The number of piperidine rings is 1. The van der Waals surface area contributed by atoms with Crippen LogP contribution in [0.2, 0.25) is 0 Å². The van der Waals surface area contributed by atoms with Crippen molar-refractivity contribution < 1.29 is 4.39 Å². The zero-order valence-corrected chi connectivity index (χ0v) is 15.2. The zero-order valence-electron chi connectivity index (χ0n) is 15.2. The fraction of sp³-hybridized carbons (Fsp3) is 0.318. The van der Waals surface area contributed by atoms with Gasteiger partial charge in [-0.2, -0.15) is 0 Å². The van der Waals surface area contributed by atoms with Crippen LogP contribution in [0.5, 0.6) is 0 Å². The molecule has 2 atom stereocenters. The molecule has 0 radical (unpaired) electrons. The van der Waals surface area contributed by atoms with Crippen LogP contribution >= 0.6 is 0 Å². The first-order chi connectivity index (χ1) is 12.6. The van der Waals surface area contributed by atoms with Gasteiger partial charge in [0.05, 0.1) is 5.69 Å². The summed E-state index contributed by atoms with van der Waals surface area (Å²) in [5.74, 6) is 0.898. The third-order valence-corrected chi connectivity index (χ3v) is 5.47. The fourth-order valence-corrected chi connectivity index (χ4v) is 4.09. The van der Waals surface area contributed by atoms with Gasteiger partial charge >= 0.3 is 0 Å². The molecule has 0 amide bonds. The van der Waals surface area contributed by atoms with Crippen molar-refractivity contribution >= 4 is 0 Å². The summed E-state index contributed by atoms with van der Waals surface area (Å²) in [6.07, 6.45) is 4.78. The van der Waals surface area contributed by atoms with Gasteiger partial charge in [-0.05, 0) is 79.5 Å². The van der Waals surface area contributed by atoms with Crippen LogP contribution in [0.4, 0.5) is 4.39 Å². The summed E-state index contributed by atoms with van der Waals surface area (Å²) in [7, 11) is 2.19. The number of hydrogen-bond donors (Lipinski definition) is 1. The molecule has 1 aliphatic rings. The van der Waals surface area contributed by atoms with E-state index in [0.29, 0.717) is 11.8 Å². The average Bonchev–Trinajstić information content (AvgIpc) is 3.08. The first-order valence-electron chi connectivity index (χ1n) is 9.19. The number of H-pyrrole nitrogens is 1. The van der Waals surface area contributed by atoms with Crippen LogP contribution in [-0.4, -0.2) is 35.0 Å². The lowest BCUT2D eigenvalue weighted by Crippen LogP contribution is -2.35. The van der Waals surface area contributed by atoms with Crippen LogP contribution in [0.15, 0.2) is 54.9 Å². The highest BCUT2D eigenvalue weighted by atomic mass is 19.1. The molecule has 1 aliphatic heterocycles. The Morgan fingerprint density at radius 1 is 1.08 bits per heavy atom. The summed E-state index contributed by atoms with van der Waals surface area (Å²) in [6.45, 7) is 4.55. The molecule has 1 N–H and O–H groups in total. The quantitative estimate of drug-likeness (QED) is 0.726. The maximum atomic E-state index is 13.4. The van der Waals surface area contributed by atoms with Crippen molar-refractivity contribution in [3.05, 3.63) is 66.4 Å². The van der Waals surface area contributed by atoms with Crippen LogP contribution < -0.4 is 0 Å². The van der Waals surface area contributed by atoms with E-state index in [1.54, 1.807) is 0 Å². The van der Waals surface area contributed by atoms with Gasteiger partial charge in [0.25, 0.3) is 0 Å². The third-order valence-electron chi connectivity index (χ3n) is 5.47. The average molecular weight is 349 g/mol. The Morgan fingerprint density at radius 2 is 1.81 bits per heavy atom. The van der Waals surface area contributed by atoms with Crippen molar-refractivity contribution in [3.63, 3.8) is 0 Å². The van der Waals surface area contributed by atoms with E-state index in [9.17, 15) is 4.39 Å². The van der Waals surface area contributed by atoms with E-state index in [0.717, 1.165) is 41.9 Å². The minimum absolute atomic E-state index is 0.213. The van der Waals surface area contributed by atoms with Crippen molar-refractivity contribution in [1.29, 1.82) is 0 Å². The maximum absolute atomic E-state index is 13.4. The first-order valence-corrected chi connectivity index (χ1v) is 9.19. The van der Waals surface area contributed by atoms with E-state index in [4.69, 9.17) is 0 Å². The summed E-state index contributed by atoms with van der Waals surface area (Å²) in [4.78, 5) is 10.2. The Bertz CT molecular complexity index is 870. The fourth-order valence-electron chi connectivity index (χ4n) is 4.09. The molecule has 1 fully saturated rings. The van der Waals surface area contributed by atoms with Crippen molar-refractivity contribution in [2.75, 3.05) is 20.1 Å². The topological polar surface area (TPSA) is 31.9 Å². The SMILES string of the molecule is C[C@@H]1CN(C)CC[C@@H]1c1cc(-c2ccncc2)c(-c2ccc(F)cc2)[nH]1. The predicted molar refractivity (Wildman–Crippen MR) is 103 cm³/mol. The smallest absolute Gasteiger partial charge is 0.123 e. The number of pyridine rings is 1. The van der Waals surface area contributed by atoms with Crippen LogP contribution in [0.25, 0.3) is 22.4 Å². The molecule has 26 heavy (non-hydrogen) atoms. The summed E-state index contributed by atoms with van der Waals surface area (Å²) in [5.41, 5.74) is 5.61. The molecule has 2 aromatic heterocycles. The maximum Gasteiger partial charge on any atom is 0.123 e. The van der Waals surface area contributed by atoms with Gasteiger partial charge in [0.1, 0.15) is 5.82 Å². The van der Waals surface area contributed by atoms with Gasteiger partial charge in [0.2, 0.25) is 0 Å². The molecular weight excluding hydrogens is 325 g/mol. The summed E-state index contributed by atoms with van der Waals surface area (Å²) < 4.78 is 13.4. The second kappa shape index (κ2) is 7.04. The van der Waals surface area contributed by atoms with Gasteiger partial charge in [-0.3, -0.25) is 4.98 Å². The van der Waals surface area contributed by atoms with Gasteiger partial charge in [-0.25, -0.2) is 4.39 Å². The molecule has 3 nitrogen and oxygen atoms in total. The lowest BCUT2D eigenvalue weighted by atomic mass is 9.84. The minimum Gasteiger partial charge on any atom is -0.358 e. The minimum atomic E-state index is -0.213. The molecule has 1 saturated heterocycles. The number of aromatic nitrogens is 2. The number of nitrogens with zero attached hydrogens (tertiary/aromatic N) is 2. The molecule has 0 aliphatic carbocycles. The van der Waals surface area contributed by atoms with E-state index in [-0.39, 0.29) is 5.82 Å². The number of nitrogens with one attached hydrogen (secondary N) is 1. The Morgan fingerprint density at radius 3 is 2.50 bits per heavy atom. The van der Waals surface area contributed by atoms with Gasteiger partial charge in [0.15, 0.2) is 0 Å². The van der Waals surface area contributed by atoms with E-state index in [1.807, 2.05) is 36.7 Å². The number of halogens is 1. The van der Waals surface area contributed by atoms with E-state index >= 15 is 0 Å². The molecule has 4 rings (SSSR count). The molecule has 1 aromatic carbocycles. The normalized spacial score (nSPS) is 21.0. The zero-order chi connectivity index (χ0) is 18.1. The first kappa shape index (κ1) is 17.0. The monoisotopic (exact) mass is 349 g/mol. The molecule has 0 bridgehead atoms. The second-order valence-corrected chi connectivity index (χ2v) is 7.39. The van der Waals surface area contributed by atoms with Crippen LogP contribution in [-0.2, 0) is 0 Å². The van der Waals surface area contributed by atoms with Crippen molar-refractivity contribution in [1.82, 2.24) is 14.9 Å². The lowest BCUT2D eigenvalue weighted by molar-refractivity contribution is 0.194. The van der Waals surface area contributed by atoms with E-state index < -0.39 is 0 Å². The summed E-state index contributed by atoms with van der Waals surface area (Å²) >= 11 is 0. The number of likely N-dealkylation sites (tertiary alicyclic amines) is 1. The third kappa shape index (κ3) is 3.29. The van der Waals surface area contributed by atoms with Crippen LogP contribution in [0, 0.1) is 11.7 Å². The number of rotatable bonds is 3. The highest BCUT2D eigenvalue weighted by Gasteiger charge is 2.28. The second-order valence-electron chi connectivity index (χ2n) is 7.39. The summed E-state index contributed by atoms with van der Waals surface area (Å²) in [6, 6.07) is 13.0. The molecule has 0 saturated carbocycles. The van der Waals surface area contributed by atoms with E-state index in [2.05, 4.69) is 34.9 Å². The standard InChI is InChI=1S/C22H24FN3/c1-15-14-26(2)12-9-19(15)21-13-20(16-7-10-24-11-8-16)22(25-21)17-3-5-18(23)6-4-17/h3-8,10-11,13,15,19,25H,9,12,14H2,1-2H3/t15-,19+/m1/s1. The highest BCUT2D eigenvalue weighted by Crippen LogP contribution is 2.38. The van der Waals surface area contributed by atoms with E-state index in [1.165, 1.54) is 17.8 Å². The molecule has 3 heterocycles. The highest BCUT2D eigenvalue weighted by molar-refractivity contribution is 5.82. The molecular formula is C22H24FN3. The lowest BCUT2D eigenvalue weighted by Gasteiger charge is -2.34. The largest absolute Gasteiger partial charge is 0.358 e. The Kier molecular flexibility index (Phi) is 4.60. The van der Waals surface area contributed by atoms with Crippen molar-refractivity contribution in [2.24, 2.45) is 5.92 Å². The van der Waals surface area contributed by atoms with Crippen molar-refractivity contribution in [3.8, 4) is 22.4 Å². The predicted octanol–water partition coefficient (Wildman–Crippen LogP) is 4.94. The molecule has 3 aromatic rings. The van der Waals surface area contributed by atoms with Gasteiger partial charge < -0.3 is 9.88 Å². The molecule has 4 heteroatoms. The molecule has 134 valence electrons. The van der Waals surface area contributed by atoms with Crippen LogP contribution in [0.3, 0.4) is 0 Å². The Labute approximate surface area is 153 Å².